The van der Waals surface area contributed by atoms with Crippen molar-refractivity contribution in [2.75, 3.05) is 31.9 Å². The van der Waals surface area contributed by atoms with Crippen LogP contribution in [0.2, 0.25) is 0 Å². The van der Waals surface area contributed by atoms with Crippen LogP contribution in [0.5, 0.6) is 0 Å². The summed E-state index contributed by atoms with van der Waals surface area (Å²) in [6.45, 7) is 3.60. The van der Waals surface area contributed by atoms with Crippen LogP contribution in [0, 0.1) is 0 Å². The van der Waals surface area contributed by atoms with E-state index in [0.29, 0.717) is 12.3 Å². The van der Waals surface area contributed by atoms with Crippen LogP contribution < -0.4 is 5.32 Å². The van der Waals surface area contributed by atoms with Crippen LogP contribution in [0.25, 0.3) is 0 Å². The average Bonchev–Trinajstić information content (AvgIpc) is 2.83. The van der Waals surface area contributed by atoms with Crippen molar-refractivity contribution in [2.45, 2.75) is 10.6 Å². The van der Waals surface area contributed by atoms with E-state index >= 15 is 0 Å². The maximum Gasteiger partial charge on any atom is 0.223 e. The van der Waals surface area contributed by atoms with Gasteiger partial charge in [-0.3, -0.25) is 4.79 Å². The van der Waals surface area contributed by atoms with Crippen molar-refractivity contribution < 1.29 is 4.79 Å². The molecule has 0 bridgehead atoms. The third-order valence-corrected chi connectivity index (χ3v) is 4.66. The standard InChI is InChI=1S/C11H16N2OS2/c14-10(13-6-4-12-5-7-13)3-9-16-11-2-1-8-15-11/h1-2,8,12H,3-7,9H2. The van der Waals surface area contributed by atoms with Crippen LogP contribution in [0.3, 0.4) is 0 Å². The zero-order valence-electron chi connectivity index (χ0n) is 9.15. The molecule has 3 nitrogen and oxygen atoms in total. The normalized spacial score (nSPS) is 16.4. The fraction of sp³-hybridized carbons (Fsp3) is 0.545. The number of thiophene rings is 1. The van der Waals surface area contributed by atoms with E-state index in [-0.39, 0.29) is 0 Å². The van der Waals surface area contributed by atoms with Gasteiger partial charge in [-0.05, 0) is 11.4 Å². The first kappa shape index (κ1) is 12.0. The summed E-state index contributed by atoms with van der Waals surface area (Å²) in [6.07, 6.45) is 0.655. The molecular formula is C11H16N2OS2. The minimum absolute atomic E-state index is 0.297. The zero-order chi connectivity index (χ0) is 11.2. The van der Waals surface area contributed by atoms with E-state index in [1.165, 1.54) is 4.21 Å². The van der Waals surface area contributed by atoms with Gasteiger partial charge in [0.1, 0.15) is 0 Å². The Morgan fingerprint density at radius 2 is 2.31 bits per heavy atom. The fourth-order valence-electron chi connectivity index (χ4n) is 1.66. The van der Waals surface area contributed by atoms with Gasteiger partial charge in [0.15, 0.2) is 0 Å². The summed E-state index contributed by atoms with van der Waals surface area (Å²) in [5, 5.41) is 5.32. The summed E-state index contributed by atoms with van der Waals surface area (Å²) in [5.74, 6) is 1.19. The van der Waals surface area contributed by atoms with E-state index in [1.54, 1.807) is 23.1 Å². The quantitative estimate of drug-likeness (QED) is 0.832. The van der Waals surface area contributed by atoms with Crippen molar-refractivity contribution in [3.63, 3.8) is 0 Å². The molecular weight excluding hydrogens is 240 g/mol. The fourth-order valence-corrected chi connectivity index (χ4v) is 3.45. The predicted octanol–water partition coefficient (Wildman–Crippen LogP) is 1.66. The van der Waals surface area contributed by atoms with Gasteiger partial charge in [-0.2, -0.15) is 0 Å². The van der Waals surface area contributed by atoms with Crippen molar-refractivity contribution >= 4 is 29.0 Å². The Balaban J connectivity index is 1.67. The first-order chi connectivity index (χ1) is 7.86. The summed E-state index contributed by atoms with van der Waals surface area (Å²) in [7, 11) is 0. The molecule has 1 N–H and O–H groups in total. The largest absolute Gasteiger partial charge is 0.340 e. The Labute approximate surface area is 104 Å². The maximum absolute atomic E-state index is 11.8. The molecule has 0 unspecified atom stereocenters. The Bertz CT molecular complexity index is 321. The predicted molar refractivity (Wildman–Crippen MR) is 69.1 cm³/mol. The lowest BCUT2D eigenvalue weighted by Crippen LogP contribution is -2.46. The topological polar surface area (TPSA) is 32.3 Å². The minimum atomic E-state index is 0.297. The Morgan fingerprint density at radius 1 is 1.50 bits per heavy atom. The summed E-state index contributed by atoms with van der Waals surface area (Å²) < 4.78 is 1.30. The summed E-state index contributed by atoms with van der Waals surface area (Å²) >= 11 is 3.51. The molecule has 1 aliphatic rings. The lowest BCUT2D eigenvalue weighted by atomic mass is 10.3. The SMILES string of the molecule is O=C(CCSc1cccs1)N1CCNCC1. The van der Waals surface area contributed by atoms with Gasteiger partial charge in [0.05, 0.1) is 4.21 Å². The molecule has 16 heavy (non-hydrogen) atoms. The number of nitrogens with zero attached hydrogens (tertiary/aromatic N) is 1. The van der Waals surface area contributed by atoms with E-state index in [2.05, 4.69) is 16.8 Å². The Kier molecular flexibility index (Phi) is 4.69. The molecule has 0 atom stereocenters. The molecule has 2 rings (SSSR count). The molecule has 0 spiro atoms. The highest BCUT2D eigenvalue weighted by molar-refractivity contribution is 8.01. The lowest BCUT2D eigenvalue weighted by molar-refractivity contribution is -0.131. The third kappa shape index (κ3) is 3.50. The number of hydrogen-bond donors (Lipinski definition) is 1. The highest BCUT2D eigenvalue weighted by atomic mass is 32.2. The van der Waals surface area contributed by atoms with Crippen LogP contribution >= 0.6 is 23.1 Å². The number of amides is 1. The molecule has 1 saturated heterocycles. The van der Waals surface area contributed by atoms with Crippen molar-refractivity contribution in [3.8, 4) is 0 Å². The van der Waals surface area contributed by atoms with Gasteiger partial charge in [0.25, 0.3) is 0 Å². The molecule has 1 aliphatic heterocycles. The second-order valence-electron chi connectivity index (χ2n) is 3.66. The van der Waals surface area contributed by atoms with Crippen molar-refractivity contribution in [1.29, 1.82) is 0 Å². The van der Waals surface area contributed by atoms with Gasteiger partial charge in [-0.25, -0.2) is 0 Å². The minimum Gasteiger partial charge on any atom is -0.340 e. The molecule has 1 aromatic heterocycles. The number of rotatable bonds is 4. The summed E-state index contributed by atoms with van der Waals surface area (Å²) in [4.78, 5) is 13.8. The Morgan fingerprint density at radius 3 is 3.00 bits per heavy atom. The molecule has 0 aromatic carbocycles. The van der Waals surface area contributed by atoms with Crippen LogP contribution in [0.4, 0.5) is 0 Å². The average molecular weight is 256 g/mol. The third-order valence-electron chi connectivity index (χ3n) is 2.53. The van der Waals surface area contributed by atoms with Crippen molar-refractivity contribution in [1.82, 2.24) is 10.2 Å². The number of piperazine rings is 1. The molecule has 0 saturated carbocycles. The van der Waals surface area contributed by atoms with Crippen LogP contribution in [0.1, 0.15) is 6.42 Å². The van der Waals surface area contributed by atoms with E-state index in [1.807, 2.05) is 11.0 Å². The molecule has 0 radical (unpaired) electrons. The first-order valence-electron chi connectivity index (χ1n) is 5.51. The number of carbonyl (C=O) groups is 1. The zero-order valence-corrected chi connectivity index (χ0v) is 10.8. The summed E-state index contributed by atoms with van der Waals surface area (Å²) in [5.41, 5.74) is 0. The smallest absolute Gasteiger partial charge is 0.223 e. The second-order valence-corrected chi connectivity index (χ2v) is 6.00. The van der Waals surface area contributed by atoms with Crippen LogP contribution in [-0.2, 0) is 4.79 Å². The molecule has 1 aromatic rings. The van der Waals surface area contributed by atoms with E-state index in [9.17, 15) is 4.79 Å². The van der Waals surface area contributed by atoms with Crippen LogP contribution in [0.15, 0.2) is 21.7 Å². The molecule has 0 aliphatic carbocycles. The number of nitrogens with one attached hydrogen (secondary N) is 1. The second kappa shape index (κ2) is 6.27. The van der Waals surface area contributed by atoms with Crippen molar-refractivity contribution in [3.05, 3.63) is 17.5 Å². The van der Waals surface area contributed by atoms with E-state index in [4.69, 9.17) is 0 Å². The number of carbonyl (C=O) groups excluding carboxylic acids is 1. The highest BCUT2D eigenvalue weighted by Crippen LogP contribution is 2.23. The molecule has 88 valence electrons. The molecule has 1 amide bonds. The Hall–Kier alpha value is -0.520. The first-order valence-corrected chi connectivity index (χ1v) is 7.37. The van der Waals surface area contributed by atoms with Gasteiger partial charge >= 0.3 is 0 Å². The monoisotopic (exact) mass is 256 g/mol. The molecule has 5 heteroatoms. The van der Waals surface area contributed by atoms with Gasteiger partial charge in [0.2, 0.25) is 5.91 Å². The van der Waals surface area contributed by atoms with Gasteiger partial charge in [-0.1, -0.05) is 6.07 Å². The number of hydrogen-bond acceptors (Lipinski definition) is 4. The maximum atomic E-state index is 11.8. The van der Waals surface area contributed by atoms with Gasteiger partial charge in [-0.15, -0.1) is 23.1 Å². The molecule has 2 heterocycles. The lowest BCUT2D eigenvalue weighted by Gasteiger charge is -2.27. The highest BCUT2D eigenvalue weighted by Gasteiger charge is 2.15. The van der Waals surface area contributed by atoms with E-state index in [0.717, 1.165) is 31.9 Å². The van der Waals surface area contributed by atoms with Gasteiger partial charge < -0.3 is 10.2 Å². The van der Waals surface area contributed by atoms with Crippen molar-refractivity contribution in [2.24, 2.45) is 0 Å². The summed E-state index contributed by atoms with van der Waals surface area (Å²) in [6, 6.07) is 4.15. The molecule has 1 fully saturated rings. The number of thioether (sulfide) groups is 1. The van der Waals surface area contributed by atoms with Crippen LogP contribution in [-0.4, -0.2) is 42.7 Å². The van der Waals surface area contributed by atoms with Gasteiger partial charge in [0, 0.05) is 38.4 Å². The van der Waals surface area contributed by atoms with E-state index < -0.39 is 0 Å².